The molecule has 0 bridgehead atoms. The lowest BCUT2D eigenvalue weighted by Gasteiger charge is -2.27. The van der Waals surface area contributed by atoms with Gasteiger partial charge in [-0.25, -0.2) is 0 Å². The number of hydrogen-bond donors (Lipinski definition) is 2. The monoisotopic (exact) mass is 356 g/mol. The van der Waals surface area contributed by atoms with E-state index in [2.05, 4.69) is 21.2 Å². The van der Waals surface area contributed by atoms with E-state index in [0.717, 1.165) is 34.0 Å². The predicted molar refractivity (Wildman–Crippen MR) is 89.0 cm³/mol. The molecule has 118 valence electrons. The number of ether oxygens (including phenoxy) is 2. The van der Waals surface area contributed by atoms with Gasteiger partial charge in [0, 0.05) is 17.1 Å². The van der Waals surface area contributed by atoms with Gasteiger partial charge in [0.2, 0.25) is 0 Å². The molecule has 1 unspecified atom stereocenters. The van der Waals surface area contributed by atoms with Crippen LogP contribution in [0.15, 0.2) is 16.6 Å². The number of rotatable bonds is 8. The molecule has 0 aromatic heterocycles. The number of nitrogens with one attached hydrogen (secondary N) is 1. The van der Waals surface area contributed by atoms with E-state index >= 15 is 0 Å². The molecule has 0 spiro atoms. The molecule has 1 atom stereocenters. The number of halogens is 1. The van der Waals surface area contributed by atoms with E-state index in [1.165, 1.54) is 25.7 Å². The molecule has 0 saturated heterocycles. The molecule has 1 aromatic carbocycles. The summed E-state index contributed by atoms with van der Waals surface area (Å²) in [7, 11) is 3.29. The van der Waals surface area contributed by atoms with Crippen molar-refractivity contribution in [3.05, 3.63) is 22.2 Å². The van der Waals surface area contributed by atoms with Gasteiger partial charge in [0.25, 0.3) is 0 Å². The summed E-state index contributed by atoms with van der Waals surface area (Å²) < 4.78 is 11.7. The zero-order valence-electron chi connectivity index (χ0n) is 12.8. The van der Waals surface area contributed by atoms with Crippen LogP contribution in [-0.4, -0.2) is 27.3 Å². The highest BCUT2D eigenvalue weighted by Crippen LogP contribution is 2.36. The van der Waals surface area contributed by atoms with E-state index in [1.54, 1.807) is 14.2 Å². The molecule has 1 saturated carbocycles. The largest absolute Gasteiger partial charge is 0.493 e. The van der Waals surface area contributed by atoms with Crippen molar-refractivity contribution in [1.82, 2.24) is 5.32 Å². The third-order valence-corrected chi connectivity index (χ3v) is 4.97. The number of nitrogens with two attached hydrogens (primary N) is 1. The molecule has 0 amide bonds. The fraction of sp³-hybridized carbons (Fsp3) is 0.625. The SMILES string of the molecule is COc1cc(Br)c(C(CN)NCCC2CCC2)cc1OC. The molecule has 1 aromatic rings. The summed E-state index contributed by atoms with van der Waals surface area (Å²) in [6.45, 7) is 1.56. The average Bonchev–Trinajstić information content (AvgIpc) is 2.45. The summed E-state index contributed by atoms with van der Waals surface area (Å²) in [5.41, 5.74) is 7.06. The van der Waals surface area contributed by atoms with Crippen molar-refractivity contribution in [3.63, 3.8) is 0 Å². The van der Waals surface area contributed by atoms with Crippen LogP contribution < -0.4 is 20.5 Å². The molecule has 1 aliphatic carbocycles. The Bertz CT molecular complexity index is 464. The first-order valence-electron chi connectivity index (χ1n) is 7.54. The standard InChI is InChI=1S/C16H25BrN2O2/c1-20-15-8-12(13(17)9-16(15)21-2)14(10-18)19-7-6-11-4-3-5-11/h8-9,11,14,19H,3-7,10,18H2,1-2H3. The van der Waals surface area contributed by atoms with E-state index in [1.807, 2.05) is 12.1 Å². The van der Waals surface area contributed by atoms with E-state index in [9.17, 15) is 0 Å². The molecule has 0 radical (unpaired) electrons. The van der Waals surface area contributed by atoms with Crippen LogP contribution in [0, 0.1) is 5.92 Å². The fourth-order valence-electron chi connectivity index (χ4n) is 2.70. The van der Waals surface area contributed by atoms with Crippen LogP contribution in [0.3, 0.4) is 0 Å². The van der Waals surface area contributed by atoms with E-state index < -0.39 is 0 Å². The molecule has 1 fully saturated rings. The second-order valence-electron chi connectivity index (χ2n) is 5.56. The van der Waals surface area contributed by atoms with E-state index in [-0.39, 0.29) is 6.04 Å². The van der Waals surface area contributed by atoms with Crippen LogP contribution in [0.25, 0.3) is 0 Å². The minimum atomic E-state index is 0.124. The van der Waals surface area contributed by atoms with Crippen LogP contribution in [0.1, 0.15) is 37.3 Å². The van der Waals surface area contributed by atoms with Gasteiger partial charge in [0.05, 0.1) is 14.2 Å². The quantitative estimate of drug-likeness (QED) is 0.750. The fourth-order valence-corrected chi connectivity index (χ4v) is 3.30. The van der Waals surface area contributed by atoms with Crippen LogP contribution >= 0.6 is 15.9 Å². The summed E-state index contributed by atoms with van der Waals surface area (Å²) in [6, 6.07) is 4.06. The molecular weight excluding hydrogens is 332 g/mol. The van der Waals surface area contributed by atoms with Crippen molar-refractivity contribution in [2.45, 2.75) is 31.7 Å². The highest BCUT2D eigenvalue weighted by atomic mass is 79.9. The minimum absolute atomic E-state index is 0.124. The highest BCUT2D eigenvalue weighted by molar-refractivity contribution is 9.10. The van der Waals surface area contributed by atoms with Gasteiger partial charge in [-0.15, -0.1) is 0 Å². The molecule has 0 heterocycles. The van der Waals surface area contributed by atoms with E-state index in [4.69, 9.17) is 15.2 Å². The van der Waals surface area contributed by atoms with Crippen LogP contribution in [0.4, 0.5) is 0 Å². The zero-order valence-corrected chi connectivity index (χ0v) is 14.4. The molecule has 5 heteroatoms. The van der Waals surface area contributed by atoms with Crippen molar-refractivity contribution in [3.8, 4) is 11.5 Å². The first-order chi connectivity index (χ1) is 10.2. The average molecular weight is 357 g/mol. The lowest BCUT2D eigenvalue weighted by Crippen LogP contribution is -2.31. The van der Waals surface area contributed by atoms with Gasteiger partial charge in [0.15, 0.2) is 11.5 Å². The Kier molecular flexibility index (Phi) is 6.33. The van der Waals surface area contributed by atoms with E-state index in [0.29, 0.717) is 6.54 Å². The first-order valence-corrected chi connectivity index (χ1v) is 8.33. The van der Waals surface area contributed by atoms with Gasteiger partial charge >= 0.3 is 0 Å². The Morgan fingerprint density at radius 1 is 1.29 bits per heavy atom. The Morgan fingerprint density at radius 2 is 1.95 bits per heavy atom. The Balaban J connectivity index is 2.05. The molecular formula is C16H25BrN2O2. The highest BCUT2D eigenvalue weighted by Gasteiger charge is 2.19. The minimum Gasteiger partial charge on any atom is -0.493 e. The lowest BCUT2D eigenvalue weighted by atomic mass is 9.83. The third-order valence-electron chi connectivity index (χ3n) is 4.28. The maximum atomic E-state index is 5.94. The maximum Gasteiger partial charge on any atom is 0.161 e. The molecule has 1 aliphatic rings. The second-order valence-corrected chi connectivity index (χ2v) is 6.41. The van der Waals surface area contributed by atoms with Crippen molar-refractivity contribution in [2.75, 3.05) is 27.3 Å². The summed E-state index contributed by atoms with van der Waals surface area (Å²) in [5.74, 6) is 2.36. The molecule has 21 heavy (non-hydrogen) atoms. The van der Waals surface area contributed by atoms with Gasteiger partial charge in [0.1, 0.15) is 0 Å². The van der Waals surface area contributed by atoms with Crippen LogP contribution in [-0.2, 0) is 0 Å². The van der Waals surface area contributed by atoms with Gasteiger partial charge in [-0.05, 0) is 36.6 Å². The number of methoxy groups -OCH3 is 2. The van der Waals surface area contributed by atoms with Gasteiger partial charge < -0.3 is 20.5 Å². The molecule has 3 N–H and O–H groups in total. The lowest BCUT2D eigenvalue weighted by molar-refractivity contribution is 0.287. The first kappa shape index (κ1) is 16.6. The third kappa shape index (κ3) is 4.11. The molecule has 0 aliphatic heterocycles. The summed E-state index contributed by atoms with van der Waals surface area (Å²) >= 11 is 3.61. The van der Waals surface area contributed by atoms with Gasteiger partial charge in [-0.2, -0.15) is 0 Å². The molecule has 2 rings (SSSR count). The predicted octanol–water partition coefficient (Wildman–Crippen LogP) is 3.25. The number of hydrogen-bond acceptors (Lipinski definition) is 4. The van der Waals surface area contributed by atoms with Crippen molar-refractivity contribution in [2.24, 2.45) is 11.7 Å². The topological polar surface area (TPSA) is 56.5 Å². The smallest absolute Gasteiger partial charge is 0.161 e. The second kappa shape index (κ2) is 8.01. The van der Waals surface area contributed by atoms with Gasteiger partial charge in [-0.1, -0.05) is 35.2 Å². The summed E-state index contributed by atoms with van der Waals surface area (Å²) in [4.78, 5) is 0. The van der Waals surface area contributed by atoms with Crippen molar-refractivity contribution >= 4 is 15.9 Å². The number of benzene rings is 1. The Morgan fingerprint density at radius 3 is 2.48 bits per heavy atom. The zero-order chi connectivity index (χ0) is 15.2. The maximum absolute atomic E-state index is 5.94. The van der Waals surface area contributed by atoms with Crippen molar-refractivity contribution in [1.29, 1.82) is 0 Å². The van der Waals surface area contributed by atoms with Crippen LogP contribution in [0.5, 0.6) is 11.5 Å². The Hall–Kier alpha value is -0.780. The summed E-state index contributed by atoms with van der Waals surface area (Å²) in [6.07, 6.45) is 5.40. The Labute approximate surface area is 135 Å². The molecule has 4 nitrogen and oxygen atoms in total. The van der Waals surface area contributed by atoms with Gasteiger partial charge in [-0.3, -0.25) is 0 Å². The van der Waals surface area contributed by atoms with Crippen LogP contribution in [0.2, 0.25) is 0 Å². The normalized spacial score (nSPS) is 16.4. The van der Waals surface area contributed by atoms with Crippen molar-refractivity contribution < 1.29 is 9.47 Å². The summed E-state index contributed by atoms with van der Waals surface area (Å²) in [5, 5.41) is 3.56.